The molecule has 0 unspecified atom stereocenters. The first-order chi connectivity index (χ1) is 12.8. The Balaban J connectivity index is 3.39. The van der Waals surface area contributed by atoms with Crippen molar-refractivity contribution in [3.63, 3.8) is 0 Å². The Morgan fingerprint density at radius 1 is 0.423 bits per heavy atom. The summed E-state index contributed by atoms with van der Waals surface area (Å²) in [5.74, 6) is 0. The zero-order chi connectivity index (χ0) is 19.1. The Hall–Kier alpha value is -0.360. The molecule has 0 aliphatic rings. The Morgan fingerprint density at radius 3 is 1.35 bits per heavy atom. The molecule has 9 heteroatoms. The number of hydrogen-bond donors (Lipinski definition) is 8. The topological polar surface area (TPSA) is 141 Å². The molecule has 0 aliphatic carbocycles. The first kappa shape index (κ1) is 25.6. The fourth-order valence-corrected chi connectivity index (χ4v) is 2.48. The van der Waals surface area contributed by atoms with Crippen molar-refractivity contribution in [3.05, 3.63) is 0 Å². The fourth-order valence-electron chi connectivity index (χ4n) is 2.48. The van der Waals surface area contributed by atoms with Crippen LogP contribution in [0.1, 0.15) is 6.42 Å². The van der Waals surface area contributed by atoms with Crippen LogP contribution in [0.25, 0.3) is 0 Å². The highest BCUT2D eigenvalue weighted by Gasteiger charge is 2.02. The highest BCUT2D eigenvalue weighted by molar-refractivity contribution is 4.64. The minimum atomic E-state index is 0.693. The van der Waals surface area contributed by atoms with Crippen LogP contribution in [0.4, 0.5) is 0 Å². The minimum absolute atomic E-state index is 0.693. The van der Waals surface area contributed by atoms with Crippen molar-refractivity contribution in [2.24, 2.45) is 17.2 Å². The van der Waals surface area contributed by atoms with Crippen molar-refractivity contribution in [1.29, 1.82) is 0 Å². The maximum Gasteiger partial charge on any atom is 0.0108 e. The summed E-state index contributed by atoms with van der Waals surface area (Å²) in [4.78, 5) is 2.40. The van der Waals surface area contributed by atoms with Gasteiger partial charge in [0.25, 0.3) is 0 Å². The predicted octanol–water partition coefficient (Wildman–Crippen LogP) is -3.50. The molecule has 158 valence electrons. The Kier molecular flexibility index (Phi) is 22.4. The predicted molar refractivity (Wildman–Crippen MR) is 113 cm³/mol. The van der Waals surface area contributed by atoms with Crippen molar-refractivity contribution in [2.45, 2.75) is 6.42 Å². The van der Waals surface area contributed by atoms with Crippen LogP contribution >= 0.6 is 0 Å². The molecule has 9 nitrogen and oxygen atoms in total. The standard InChI is InChI=1S/C17H45N9/c18-2-1-5-21-7-9-23-10-12-25-14-17-26(15-4-20)16-13-24-11-8-22-6-3-19/h21-25H,1-20H2. The molecule has 26 heavy (non-hydrogen) atoms. The number of hydrogen-bond acceptors (Lipinski definition) is 9. The van der Waals surface area contributed by atoms with Crippen LogP contribution in [-0.4, -0.2) is 110 Å². The second-order valence-corrected chi connectivity index (χ2v) is 6.31. The third-order valence-electron chi connectivity index (χ3n) is 3.97. The molecule has 0 saturated carbocycles. The van der Waals surface area contributed by atoms with E-state index in [1.54, 1.807) is 0 Å². The number of nitrogens with zero attached hydrogens (tertiary/aromatic N) is 1. The second kappa shape index (κ2) is 22.7. The molecule has 0 amide bonds. The monoisotopic (exact) mass is 375 g/mol. The first-order valence-corrected chi connectivity index (χ1v) is 10.2. The summed E-state index contributed by atoms with van der Waals surface area (Å²) in [6.07, 6.45) is 1.04. The van der Waals surface area contributed by atoms with Gasteiger partial charge >= 0.3 is 0 Å². The van der Waals surface area contributed by atoms with Crippen LogP contribution in [0.5, 0.6) is 0 Å². The quantitative estimate of drug-likeness (QED) is 0.0905. The van der Waals surface area contributed by atoms with Crippen LogP contribution in [0.3, 0.4) is 0 Å². The normalized spacial score (nSPS) is 11.5. The van der Waals surface area contributed by atoms with E-state index in [0.717, 1.165) is 98.0 Å². The van der Waals surface area contributed by atoms with E-state index < -0.39 is 0 Å². The summed E-state index contributed by atoms with van der Waals surface area (Å²) in [5.41, 5.74) is 16.6. The van der Waals surface area contributed by atoms with E-state index >= 15 is 0 Å². The first-order valence-electron chi connectivity index (χ1n) is 10.2. The van der Waals surface area contributed by atoms with Gasteiger partial charge in [-0.1, -0.05) is 0 Å². The van der Waals surface area contributed by atoms with Gasteiger partial charge in [-0.3, -0.25) is 4.90 Å². The molecule has 0 bridgehead atoms. The molecule has 11 N–H and O–H groups in total. The molecule has 0 aromatic carbocycles. The zero-order valence-corrected chi connectivity index (χ0v) is 16.7. The highest BCUT2D eigenvalue weighted by Crippen LogP contribution is 1.84. The largest absolute Gasteiger partial charge is 0.330 e. The average Bonchev–Trinajstić information content (AvgIpc) is 2.65. The summed E-state index contributed by atoms with van der Waals surface area (Å²) in [5, 5.41) is 17.0. The van der Waals surface area contributed by atoms with Gasteiger partial charge in [-0.05, 0) is 19.5 Å². The molecule has 0 spiro atoms. The van der Waals surface area contributed by atoms with Crippen molar-refractivity contribution in [2.75, 3.05) is 105 Å². The van der Waals surface area contributed by atoms with E-state index in [1.165, 1.54) is 0 Å². The van der Waals surface area contributed by atoms with Gasteiger partial charge in [0.05, 0.1) is 0 Å². The van der Waals surface area contributed by atoms with E-state index in [0.29, 0.717) is 13.1 Å². The lowest BCUT2D eigenvalue weighted by atomic mass is 10.4. The van der Waals surface area contributed by atoms with Crippen LogP contribution in [-0.2, 0) is 0 Å². The van der Waals surface area contributed by atoms with E-state index in [4.69, 9.17) is 17.2 Å². The molecule has 0 aliphatic heterocycles. The molecule has 0 radical (unpaired) electrons. The lowest BCUT2D eigenvalue weighted by molar-refractivity contribution is 0.280. The van der Waals surface area contributed by atoms with Gasteiger partial charge in [0.1, 0.15) is 0 Å². The van der Waals surface area contributed by atoms with Gasteiger partial charge in [-0.2, -0.15) is 0 Å². The zero-order valence-electron chi connectivity index (χ0n) is 16.7. The molecule has 0 rings (SSSR count). The summed E-state index contributed by atoms with van der Waals surface area (Å²) in [7, 11) is 0. The number of nitrogens with two attached hydrogens (primary N) is 3. The van der Waals surface area contributed by atoms with E-state index in [1.807, 2.05) is 0 Å². The summed E-state index contributed by atoms with van der Waals surface area (Å²) in [6.45, 7) is 15.0. The number of nitrogens with one attached hydrogen (secondary N) is 5. The Morgan fingerprint density at radius 2 is 0.885 bits per heavy atom. The molecule has 0 aromatic rings. The Labute approximate surface area is 160 Å². The molecule has 0 heterocycles. The van der Waals surface area contributed by atoms with Crippen LogP contribution in [0, 0.1) is 0 Å². The molecule has 0 fully saturated rings. The molecule has 0 atom stereocenters. The summed E-state index contributed by atoms with van der Waals surface area (Å²) >= 11 is 0. The smallest absolute Gasteiger partial charge is 0.0108 e. The second-order valence-electron chi connectivity index (χ2n) is 6.31. The molecular formula is C17H45N9. The minimum Gasteiger partial charge on any atom is -0.330 e. The SMILES string of the molecule is NCCCNCCNCCNCCN(CCN)CCNCCNCCN. The third-order valence-corrected chi connectivity index (χ3v) is 3.97. The van der Waals surface area contributed by atoms with Gasteiger partial charge in [-0.25, -0.2) is 0 Å². The maximum atomic E-state index is 5.72. The lowest BCUT2D eigenvalue weighted by Gasteiger charge is -2.22. The number of rotatable bonds is 22. The summed E-state index contributed by atoms with van der Waals surface area (Å²) < 4.78 is 0. The van der Waals surface area contributed by atoms with Gasteiger partial charge in [0.15, 0.2) is 0 Å². The van der Waals surface area contributed by atoms with Crippen molar-refractivity contribution in [1.82, 2.24) is 31.5 Å². The van der Waals surface area contributed by atoms with Crippen molar-refractivity contribution >= 4 is 0 Å². The highest BCUT2D eigenvalue weighted by atomic mass is 15.2. The van der Waals surface area contributed by atoms with Crippen LogP contribution in [0.2, 0.25) is 0 Å². The van der Waals surface area contributed by atoms with Gasteiger partial charge in [0, 0.05) is 91.6 Å². The van der Waals surface area contributed by atoms with E-state index in [2.05, 4.69) is 31.5 Å². The maximum absolute atomic E-state index is 5.72. The van der Waals surface area contributed by atoms with Crippen LogP contribution < -0.4 is 43.8 Å². The molecular weight excluding hydrogens is 330 g/mol. The summed E-state index contributed by atoms with van der Waals surface area (Å²) in [6, 6.07) is 0. The van der Waals surface area contributed by atoms with E-state index in [9.17, 15) is 0 Å². The van der Waals surface area contributed by atoms with E-state index in [-0.39, 0.29) is 0 Å². The van der Waals surface area contributed by atoms with Crippen molar-refractivity contribution in [3.8, 4) is 0 Å². The molecule has 0 aromatic heterocycles. The van der Waals surface area contributed by atoms with Gasteiger partial charge in [-0.15, -0.1) is 0 Å². The molecule has 0 saturated heterocycles. The average molecular weight is 376 g/mol. The van der Waals surface area contributed by atoms with Gasteiger partial charge in [0.2, 0.25) is 0 Å². The fraction of sp³-hybridized carbons (Fsp3) is 1.00. The van der Waals surface area contributed by atoms with Crippen LogP contribution in [0.15, 0.2) is 0 Å². The third kappa shape index (κ3) is 20.0. The van der Waals surface area contributed by atoms with Crippen molar-refractivity contribution < 1.29 is 0 Å². The Bertz CT molecular complexity index is 256. The lowest BCUT2D eigenvalue weighted by Crippen LogP contribution is -2.41. The van der Waals surface area contributed by atoms with Gasteiger partial charge < -0.3 is 43.8 Å².